The number of piperazine rings is 1. The maximum Gasteiger partial charge on any atom is 0.262 e. The molecule has 1 amide bonds. The van der Waals surface area contributed by atoms with Gasteiger partial charge in [-0.3, -0.25) is 9.69 Å². The monoisotopic (exact) mass is 389 g/mol. The van der Waals surface area contributed by atoms with Crippen LogP contribution in [0.4, 0.5) is 5.69 Å². The van der Waals surface area contributed by atoms with Gasteiger partial charge in [-0.25, -0.2) is 8.42 Å². The molecule has 1 atom stereocenters. The molecule has 0 saturated carbocycles. The van der Waals surface area contributed by atoms with Crippen molar-refractivity contribution in [3.05, 3.63) is 18.2 Å². The Hall–Kier alpha value is -1.35. The normalized spacial score (nSPS) is 20.0. The van der Waals surface area contributed by atoms with Gasteiger partial charge >= 0.3 is 0 Å². The lowest BCUT2D eigenvalue weighted by molar-refractivity contribution is -0.118. The zero-order valence-corrected chi connectivity index (χ0v) is 16.0. The van der Waals surface area contributed by atoms with E-state index in [2.05, 4.69) is 24.1 Å². The number of hydrogen-bond acceptors (Lipinski definition) is 5. The minimum atomic E-state index is -3.55. The second-order valence-corrected chi connectivity index (χ2v) is 8.13. The number of hydrogen-bond donors (Lipinski definition) is 1. The van der Waals surface area contributed by atoms with Gasteiger partial charge in [0.05, 0.1) is 10.6 Å². The van der Waals surface area contributed by atoms with Crippen molar-refractivity contribution in [2.45, 2.75) is 31.2 Å². The van der Waals surface area contributed by atoms with E-state index >= 15 is 0 Å². The first kappa shape index (κ1) is 20.0. The molecule has 0 bridgehead atoms. The summed E-state index contributed by atoms with van der Waals surface area (Å²) in [6, 6.07) is 5.06. The molecule has 1 saturated heterocycles. The van der Waals surface area contributed by atoms with Crippen molar-refractivity contribution in [2.24, 2.45) is 0 Å². The molecule has 2 aliphatic heterocycles. The van der Waals surface area contributed by atoms with Crippen LogP contribution in [0.1, 0.15) is 20.3 Å². The Morgan fingerprint density at radius 1 is 1.24 bits per heavy atom. The van der Waals surface area contributed by atoms with Gasteiger partial charge in [0.2, 0.25) is 10.0 Å². The molecule has 140 valence electrons. The lowest BCUT2D eigenvalue weighted by atomic mass is 10.2. The summed E-state index contributed by atoms with van der Waals surface area (Å²) in [6.07, 6.45) is 1.06. The van der Waals surface area contributed by atoms with E-state index < -0.39 is 10.0 Å². The molecule has 25 heavy (non-hydrogen) atoms. The minimum absolute atomic E-state index is 0. The fourth-order valence-corrected chi connectivity index (χ4v) is 4.45. The number of amides is 1. The van der Waals surface area contributed by atoms with Crippen molar-refractivity contribution < 1.29 is 17.9 Å². The van der Waals surface area contributed by atoms with Crippen LogP contribution in [0, 0.1) is 0 Å². The van der Waals surface area contributed by atoms with Crippen LogP contribution < -0.4 is 10.1 Å². The van der Waals surface area contributed by atoms with Crippen molar-refractivity contribution in [1.29, 1.82) is 0 Å². The Labute approximate surface area is 154 Å². The third-order valence-corrected chi connectivity index (χ3v) is 6.61. The fraction of sp³-hybridized carbons (Fsp3) is 0.562. The Morgan fingerprint density at radius 2 is 1.92 bits per heavy atom. The summed E-state index contributed by atoms with van der Waals surface area (Å²) in [5.41, 5.74) is 0.506. The maximum atomic E-state index is 12.8. The van der Waals surface area contributed by atoms with E-state index in [0.717, 1.165) is 19.5 Å². The summed E-state index contributed by atoms with van der Waals surface area (Å²) in [5, 5.41) is 2.66. The molecule has 1 aromatic carbocycles. The number of nitrogens with zero attached hydrogens (tertiary/aromatic N) is 2. The zero-order valence-electron chi connectivity index (χ0n) is 14.4. The molecule has 1 N–H and O–H groups in total. The highest BCUT2D eigenvalue weighted by Gasteiger charge is 2.30. The molecular weight excluding hydrogens is 366 g/mol. The summed E-state index contributed by atoms with van der Waals surface area (Å²) in [6.45, 7) is 6.67. The van der Waals surface area contributed by atoms with Crippen molar-refractivity contribution in [1.82, 2.24) is 9.21 Å². The van der Waals surface area contributed by atoms with Gasteiger partial charge < -0.3 is 10.1 Å². The average molecular weight is 390 g/mol. The number of anilines is 1. The lowest BCUT2D eigenvalue weighted by Gasteiger charge is -2.37. The van der Waals surface area contributed by atoms with Crippen LogP contribution in [0.25, 0.3) is 0 Å². The predicted octanol–water partition coefficient (Wildman–Crippen LogP) is 1.54. The smallest absolute Gasteiger partial charge is 0.262 e. The first-order valence-corrected chi connectivity index (χ1v) is 9.66. The first-order chi connectivity index (χ1) is 11.4. The van der Waals surface area contributed by atoms with Gasteiger partial charge in [-0.2, -0.15) is 4.31 Å². The van der Waals surface area contributed by atoms with Gasteiger partial charge in [0.25, 0.3) is 5.91 Å². The van der Waals surface area contributed by atoms with E-state index in [1.807, 2.05) is 0 Å². The van der Waals surface area contributed by atoms with Crippen LogP contribution in [-0.4, -0.2) is 62.4 Å². The molecule has 3 rings (SSSR count). The van der Waals surface area contributed by atoms with Gasteiger partial charge in [0.1, 0.15) is 5.75 Å². The topological polar surface area (TPSA) is 79.0 Å². The van der Waals surface area contributed by atoms with Crippen LogP contribution in [0.2, 0.25) is 0 Å². The molecule has 1 aromatic rings. The van der Waals surface area contributed by atoms with Crippen molar-refractivity contribution >= 4 is 34.0 Å². The van der Waals surface area contributed by atoms with E-state index in [9.17, 15) is 13.2 Å². The highest BCUT2D eigenvalue weighted by Crippen LogP contribution is 2.31. The molecule has 7 nitrogen and oxygen atoms in total. The van der Waals surface area contributed by atoms with Crippen LogP contribution in [0.5, 0.6) is 5.75 Å². The summed E-state index contributed by atoms with van der Waals surface area (Å²) in [4.78, 5) is 13.8. The number of halogens is 1. The lowest BCUT2D eigenvalue weighted by Crippen LogP contribution is -2.51. The molecule has 0 radical (unpaired) electrons. The molecule has 1 fully saturated rings. The fourth-order valence-electron chi connectivity index (χ4n) is 3.01. The van der Waals surface area contributed by atoms with E-state index in [4.69, 9.17) is 4.74 Å². The summed E-state index contributed by atoms with van der Waals surface area (Å²) < 4.78 is 32.5. The molecule has 0 aliphatic carbocycles. The third kappa shape index (κ3) is 4.08. The van der Waals surface area contributed by atoms with E-state index in [0.29, 0.717) is 30.6 Å². The molecule has 0 spiro atoms. The Kier molecular flexibility index (Phi) is 6.31. The van der Waals surface area contributed by atoms with Crippen LogP contribution in [-0.2, 0) is 14.8 Å². The van der Waals surface area contributed by atoms with Crippen LogP contribution in [0.3, 0.4) is 0 Å². The molecule has 2 heterocycles. The molecule has 0 aromatic heterocycles. The van der Waals surface area contributed by atoms with Gasteiger partial charge in [-0.05, 0) is 25.5 Å². The minimum Gasteiger partial charge on any atom is -0.482 e. The number of fused-ring (bicyclic) bond motifs is 1. The Bertz CT molecular complexity index is 733. The van der Waals surface area contributed by atoms with Crippen molar-refractivity contribution in [2.75, 3.05) is 38.1 Å². The van der Waals surface area contributed by atoms with Crippen molar-refractivity contribution in [3.63, 3.8) is 0 Å². The molecule has 2 aliphatic rings. The molecular formula is C16H24ClN3O4S. The van der Waals surface area contributed by atoms with Gasteiger partial charge in [0.15, 0.2) is 6.61 Å². The van der Waals surface area contributed by atoms with E-state index in [-0.39, 0.29) is 29.8 Å². The number of nitrogens with one attached hydrogen (secondary N) is 1. The number of rotatable bonds is 4. The SMILES string of the molecule is CCC(C)N1CCN(S(=O)(=O)c2ccc3c(c2)OCC(=O)N3)CC1.Cl. The van der Waals surface area contributed by atoms with Crippen molar-refractivity contribution in [3.8, 4) is 5.75 Å². The summed E-state index contributed by atoms with van der Waals surface area (Å²) >= 11 is 0. The Balaban J connectivity index is 0.00000225. The number of carbonyl (C=O) groups is 1. The van der Waals surface area contributed by atoms with Crippen LogP contribution >= 0.6 is 12.4 Å². The quantitative estimate of drug-likeness (QED) is 0.845. The highest BCUT2D eigenvalue weighted by molar-refractivity contribution is 7.89. The van der Waals surface area contributed by atoms with Gasteiger partial charge in [-0.15, -0.1) is 12.4 Å². The van der Waals surface area contributed by atoms with Gasteiger partial charge in [-0.1, -0.05) is 6.92 Å². The summed E-state index contributed by atoms with van der Waals surface area (Å²) in [5.74, 6) is 0.160. The van der Waals surface area contributed by atoms with E-state index in [1.165, 1.54) is 16.4 Å². The second-order valence-electron chi connectivity index (χ2n) is 6.19. The summed E-state index contributed by atoms with van der Waals surface area (Å²) in [7, 11) is -3.55. The zero-order chi connectivity index (χ0) is 17.3. The standard InChI is InChI=1S/C16H23N3O4S.ClH/c1-3-12(2)18-6-8-19(9-7-18)24(21,22)13-4-5-14-15(10-13)23-11-16(20)17-14;/h4-5,10,12H,3,6-9,11H2,1-2H3,(H,17,20);1H. The molecule has 1 unspecified atom stereocenters. The second kappa shape index (κ2) is 7.90. The van der Waals surface area contributed by atoms with Gasteiger partial charge in [0, 0.05) is 38.3 Å². The Morgan fingerprint density at radius 3 is 2.56 bits per heavy atom. The highest BCUT2D eigenvalue weighted by atomic mass is 35.5. The number of carbonyl (C=O) groups excluding carboxylic acids is 1. The number of sulfonamides is 1. The van der Waals surface area contributed by atoms with E-state index in [1.54, 1.807) is 6.07 Å². The number of ether oxygens (including phenoxy) is 1. The predicted molar refractivity (Wildman–Crippen MR) is 97.9 cm³/mol. The maximum absolute atomic E-state index is 12.8. The number of benzene rings is 1. The largest absolute Gasteiger partial charge is 0.482 e. The first-order valence-electron chi connectivity index (χ1n) is 8.22. The van der Waals surface area contributed by atoms with Crippen LogP contribution in [0.15, 0.2) is 23.1 Å². The third-order valence-electron chi connectivity index (χ3n) is 4.71. The molecule has 9 heteroatoms. The average Bonchev–Trinajstić information content (AvgIpc) is 2.60.